The summed E-state index contributed by atoms with van der Waals surface area (Å²) >= 11 is 0. The third-order valence-electron chi connectivity index (χ3n) is 4.17. The molecule has 3 amide bonds. The van der Waals surface area contributed by atoms with Crippen LogP contribution in [0.5, 0.6) is 5.75 Å². The van der Waals surface area contributed by atoms with Crippen molar-refractivity contribution >= 4 is 17.6 Å². The maximum Gasteiger partial charge on any atom is 0.319 e. The Morgan fingerprint density at radius 1 is 1.14 bits per heavy atom. The van der Waals surface area contributed by atoms with Gasteiger partial charge in [-0.1, -0.05) is 0 Å². The van der Waals surface area contributed by atoms with Gasteiger partial charge in [-0.3, -0.25) is 4.79 Å². The standard InChI is InChI=1S/C20H22FN3O4/c1-2-22-19(25)13-3-5-17(6-4-13)24-20(26)23-8-7-14-9-16(21)10-15-11-27-12-28-18(14)15/h3-6,9-10H,2,7-8,11-12H2,1H3,(H,22,25)(H2,23,24,26). The van der Waals surface area contributed by atoms with E-state index in [0.717, 1.165) is 0 Å². The lowest BCUT2D eigenvalue weighted by Gasteiger charge is -2.21. The molecule has 2 aromatic carbocycles. The fourth-order valence-corrected chi connectivity index (χ4v) is 2.90. The summed E-state index contributed by atoms with van der Waals surface area (Å²) in [7, 11) is 0. The van der Waals surface area contributed by atoms with Crippen molar-refractivity contribution in [2.45, 2.75) is 20.0 Å². The second-order valence-corrected chi connectivity index (χ2v) is 6.23. The number of amides is 3. The maximum absolute atomic E-state index is 13.7. The second kappa shape index (κ2) is 9.18. The molecule has 0 fully saturated rings. The average Bonchev–Trinajstić information content (AvgIpc) is 2.68. The number of benzene rings is 2. The van der Waals surface area contributed by atoms with Crippen molar-refractivity contribution in [2.75, 3.05) is 25.2 Å². The number of fused-ring (bicyclic) bond motifs is 1. The molecule has 3 N–H and O–H groups in total. The molecule has 1 aliphatic rings. The summed E-state index contributed by atoms with van der Waals surface area (Å²) in [4.78, 5) is 23.8. The van der Waals surface area contributed by atoms with Gasteiger partial charge in [0.05, 0.1) is 6.61 Å². The largest absolute Gasteiger partial charge is 0.467 e. The minimum absolute atomic E-state index is 0.131. The minimum atomic E-state index is -0.389. The van der Waals surface area contributed by atoms with E-state index in [1.807, 2.05) is 6.92 Å². The Balaban J connectivity index is 1.51. The van der Waals surface area contributed by atoms with Crippen LogP contribution in [0.25, 0.3) is 0 Å². The molecule has 0 bridgehead atoms. The van der Waals surface area contributed by atoms with Crippen LogP contribution < -0.4 is 20.7 Å². The van der Waals surface area contributed by atoms with Crippen LogP contribution in [0.4, 0.5) is 14.9 Å². The number of ether oxygens (including phenoxy) is 2. The van der Waals surface area contributed by atoms with Gasteiger partial charge in [0, 0.05) is 29.9 Å². The van der Waals surface area contributed by atoms with Crippen molar-refractivity contribution in [2.24, 2.45) is 0 Å². The summed E-state index contributed by atoms with van der Waals surface area (Å²) in [5.41, 5.74) is 2.43. The summed E-state index contributed by atoms with van der Waals surface area (Å²) < 4.78 is 24.3. The lowest BCUT2D eigenvalue weighted by Crippen LogP contribution is -2.30. The fraction of sp³-hybridized carbons (Fsp3) is 0.300. The molecule has 0 saturated heterocycles. The van der Waals surface area contributed by atoms with E-state index in [1.165, 1.54) is 12.1 Å². The van der Waals surface area contributed by atoms with Crippen LogP contribution in [0.3, 0.4) is 0 Å². The van der Waals surface area contributed by atoms with E-state index >= 15 is 0 Å². The monoisotopic (exact) mass is 387 g/mol. The second-order valence-electron chi connectivity index (χ2n) is 6.23. The van der Waals surface area contributed by atoms with Gasteiger partial charge in [0.2, 0.25) is 0 Å². The number of carbonyl (C=O) groups is 2. The summed E-state index contributed by atoms with van der Waals surface area (Å²) in [6.07, 6.45) is 0.420. The molecular formula is C20H22FN3O4. The van der Waals surface area contributed by atoms with Crippen molar-refractivity contribution in [1.82, 2.24) is 10.6 Å². The van der Waals surface area contributed by atoms with Crippen molar-refractivity contribution in [3.8, 4) is 5.75 Å². The van der Waals surface area contributed by atoms with Gasteiger partial charge in [-0.05, 0) is 55.3 Å². The number of carbonyl (C=O) groups excluding carboxylic acids is 2. The first-order chi connectivity index (χ1) is 13.6. The van der Waals surface area contributed by atoms with Crippen molar-refractivity contribution in [3.63, 3.8) is 0 Å². The predicted octanol–water partition coefficient (Wildman–Crippen LogP) is 2.81. The van der Waals surface area contributed by atoms with E-state index in [-0.39, 0.29) is 24.5 Å². The molecule has 1 aliphatic heterocycles. The summed E-state index contributed by atoms with van der Waals surface area (Å²) in [6, 6.07) is 8.99. The van der Waals surface area contributed by atoms with Crippen LogP contribution in [0.2, 0.25) is 0 Å². The molecule has 28 heavy (non-hydrogen) atoms. The van der Waals surface area contributed by atoms with E-state index in [2.05, 4.69) is 16.0 Å². The topological polar surface area (TPSA) is 88.7 Å². The zero-order valence-electron chi connectivity index (χ0n) is 15.5. The van der Waals surface area contributed by atoms with Crippen LogP contribution >= 0.6 is 0 Å². The number of hydrogen-bond donors (Lipinski definition) is 3. The number of urea groups is 1. The smallest absolute Gasteiger partial charge is 0.319 e. The maximum atomic E-state index is 13.7. The Labute approximate surface area is 162 Å². The van der Waals surface area contributed by atoms with Crippen LogP contribution in [-0.2, 0) is 17.8 Å². The van der Waals surface area contributed by atoms with Gasteiger partial charge in [0.1, 0.15) is 11.6 Å². The van der Waals surface area contributed by atoms with Gasteiger partial charge in [-0.15, -0.1) is 0 Å². The lowest BCUT2D eigenvalue weighted by atomic mass is 10.1. The Morgan fingerprint density at radius 3 is 2.68 bits per heavy atom. The molecule has 2 aromatic rings. The highest BCUT2D eigenvalue weighted by Crippen LogP contribution is 2.29. The molecule has 0 unspecified atom stereocenters. The molecule has 7 nitrogen and oxygen atoms in total. The van der Waals surface area contributed by atoms with Crippen molar-refractivity contribution < 1.29 is 23.5 Å². The molecule has 1 heterocycles. The number of nitrogens with one attached hydrogen (secondary N) is 3. The molecule has 0 radical (unpaired) electrons. The van der Waals surface area contributed by atoms with Gasteiger partial charge < -0.3 is 25.4 Å². The van der Waals surface area contributed by atoms with E-state index in [4.69, 9.17) is 9.47 Å². The molecule has 0 aromatic heterocycles. The van der Waals surface area contributed by atoms with Crippen molar-refractivity contribution in [3.05, 3.63) is 58.9 Å². The molecule has 8 heteroatoms. The molecule has 0 saturated carbocycles. The Hall–Kier alpha value is -3.13. The van der Waals surface area contributed by atoms with Gasteiger partial charge in [-0.25, -0.2) is 9.18 Å². The number of halogens is 1. The highest BCUT2D eigenvalue weighted by atomic mass is 19.1. The Bertz CT molecular complexity index is 855. The normalized spacial score (nSPS) is 12.5. The number of anilines is 1. The quantitative estimate of drug-likeness (QED) is 0.711. The van der Waals surface area contributed by atoms with Gasteiger partial charge in [0.25, 0.3) is 5.91 Å². The lowest BCUT2D eigenvalue weighted by molar-refractivity contribution is -0.0172. The van der Waals surface area contributed by atoms with Gasteiger partial charge in [0.15, 0.2) is 6.79 Å². The van der Waals surface area contributed by atoms with Gasteiger partial charge in [-0.2, -0.15) is 0 Å². The summed E-state index contributed by atoms with van der Waals surface area (Å²) in [5.74, 6) is 0.0971. The molecule has 148 valence electrons. The summed E-state index contributed by atoms with van der Waals surface area (Å²) in [5, 5.41) is 8.13. The van der Waals surface area contributed by atoms with Gasteiger partial charge >= 0.3 is 6.03 Å². The first-order valence-corrected chi connectivity index (χ1v) is 9.01. The number of hydrogen-bond acceptors (Lipinski definition) is 4. The zero-order chi connectivity index (χ0) is 19.9. The van der Waals surface area contributed by atoms with Crippen molar-refractivity contribution in [1.29, 1.82) is 0 Å². The van der Waals surface area contributed by atoms with E-state index in [1.54, 1.807) is 24.3 Å². The van der Waals surface area contributed by atoms with Crippen LogP contribution in [0, 0.1) is 5.82 Å². The molecule has 0 aliphatic carbocycles. The average molecular weight is 387 g/mol. The predicted molar refractivity (Wildman–Crippen MR) is 102 cm³/mol. The first kappa shape index (κ1) is 19.6. The van der Waals surface area contributed by atoms with E-state index in [9.17, 15) is 14.0 Å². The molecule has 3 rings (SSSR count). The SMILES string of the molecule is CCNC(=O)c1ccc(NC(=O)NCCc2cc(F)cc3c2OCOC3)cc1. The first-order valence-electron chi connectivity index (χ1n) is 9.01. The zero-order valence-corrected chi connectivity index (χ0v) is 15.5. The molecular weight excluding hydrogens is 365 g/mol. The summed E-state index contributed by atoms with van der Waals surface area (Å²) in [6.45, 7) is 3.14. The van der Waals surface area contributed by atoms with Crippen LogP contribution in [0.1, 0.15) is 28.4 Å². The third-order valence-corrected chi connectivity index (χ3v) is 4.17. The Kier molecular flexibility index (Phi) is 6.44. The molecule has 0 spiro atoms. The highest BCUT2D eigenvalue weighted by Gasteiger charge is 2.17. The van der Waals surface area contributed by atoms with E-state index < -0.39 is 0 Å². The molecule has 0 atom stereocenters. The number of rotatable bonds is 6. The van der Waals surface area contributed by atoms with Crippen LogP contribution in [-0.4, -0.2) is 31.8 Å². The fourth-order valence-electron chi connectivity index (χ4n) is 2.90. The minimum Gasteiger partial charge on any atom is -0.467 e. The van der Waals surface area contributed by atoms with Crippen LogP contribution in [0.15, 0.2) is 36.4 Å². The highest BCUT2D eigenvalue weighted by molar-refractivity contribution is 5.95. The van der Waals surface area contributed by atoms with E-state index in [0.29, 0.717) is 54.2 Å². The Morgan fingerprint density at radius 2 is 1.93 bits per heavy atom. The third kappa shape index (κ3) is 4.98.